The molecule has 2 heterocycles. The number of nitrogens with one attached hydrogen (secondary N) is 4. The molecule has 2 aliphatic heterocycles. The molecule has 0 radical (unpaired) electrons. The van der Waals surface area contributed by atoms with Gasteiger partial charge in [0.2, 0.25) is 29.5 Å². The molecular weight excluding hydrogens is 488 g/mol. The quantitative estimate of drug-likeness (QED) is 0.0956. The van der Waals surface area contributed by atoms with Gasteiger partial charge in [-0.15, -0.1) is 0 Å². The van der Waals surface area contributed by atoms with Crippen LogP contribution in [0.25, 0.3) is 0 Å². The summed E-state index contributed by atoms with van der Waals surface area (Å²) in [5.74, 6) is -4.81. The van der Waals surface area contributed by atoms with Crippen LogP contribution in [-0.2, 0) is 28.8 Å². The minimum Gasteiger partial charge on any atom is -0.481 e. The molecule has 2 aliphatic rings. The fourth-order valence-corrected chi connectivity index (χ4v) is 4.20. The van der Waals surface area contributed by atoms with E-state index in [4.69, 9.17) is 11.5 Å². The van der Waals surface area contributed by atoms with Crippen LogP contribution in [0.3, 0.4) is 0 Å². The predicted octanol–water partition coefficient (Wildman–Crippen LogP) is -3.25. The lowest BCUT2D eigenvalue weighted by atomic mass is 10.0. The standard InChI is InChI=1S/C22H36N8O7/c1-11(2)8-15-20(36)28-12(4-3-6-25-22(23)24)18(34)26-10-16(31)27-14(9-17(32)33)19(35)29-13-5-7-30(15)21(13)37/h11-15H,3-10H2,1-2H3,(H,26,34)(H,27,31)(H,28,36)(H,29,35)(H,32,33)(H4,23,24,25)/t12-,13+,14-,15-/m0/s1. The van der Waals surface area contributed by atoms with Crippen LogP contribution in [0.5, 0.6) is 0 Å². The van der Waals surface area contributed by atoms with E-state index in [-0.39, 0.29) is 37.8 Å². The first-order valence-electron chi connectivity index (χ1n) is 12.1. The summed E-state index contributed by atoms with van der Waals surface area (Å²) in [5.41, 5.74) is 10.7. The van der Waals surface area contributed by atoms with E-state index < -0.39 is 72.6 Å². The summed E-state index contributed by atoms with van der Waals surface area (Å²) in [6.45, 7) is 3.58. The number of aliphatic imine (C=N–C) groups is 1. The highest BCUT2D eigenvalue weighted by molar-refractivity contribution is 5.98. The van der Waals surface area contributed by atoms with Crippen LogP contribution >= 0.6 is 0 Å². The van der Waals surface area contributed by atoms with Crippen molar-refractivity contribution in [2.75, 3.05) is 19.6 Å². The smallest absolute Gasteiger partial charge is 0.305 e. The number of amides is 5. The number of aliphatic carboxylic acids is 1. The molecule has 37 heavy (non-hydrogen) atoms. The van der Waals surface area contributed by atoms with Gasteiger partial charge in [0.1, 0.15) is 24.2 Å². The Bertz CT molecular complexity index is 934. The summed E-state index contributed by atoms with van der Waals surface area (Å²) < 4.78 is 0. The molecule has 2 saturated heterocycles. The first kappa shape index (κ1) is 29.3. The van der Waals surface area contributed by atoms with Crippen LogP contribution in [-0.4, -0.2) is 95.3 Å². The molecule has 0 aromatic heterocycles. The number of guanidine groups is 1. The van der Waals surface area contributed by atoms with E-state index in [9.17, 15) is 33.9 Å². The van der Waals surface area contributed by atoms with Crippen LogP contribution in [0.1, 0.15) is 46.0 Å². The van der Waals surface area contributed by atoms with Gasteiger partial charge in [-0.1, -0.05) is 13.8 Å². The van der Waals surface area contributed by atoms with Gasteiger partial charge >= 0.3 is 5.97 Å². The lowest BCUT2D eigenvalue weighted by Crippen LogP contribution is -2.55. The third-order valence-corrected chi connectivity index (χ3v) is 5.96. The Balaban J connectivity index is 2.36. The van der Waals surface area contributed by atoms with Gasteiger partial charge < -0.3 is 42.7 Å². The van der Waals surface area contributed by atoms with Crippen LogP contribution in [0.4, 0.5) is 0 Å². The lowest BCUT2D eigenvalue weighted by molar-refractivity contribution is -0.142. The summed E-state index contributed by atoms with van der Waals surface area (Å²) >= 11 is 0. The lowest BCUT2D eigenvalue weighted by Gasteiger charge is -2.30. The van der Waals surface area contributed by atoms with Crippen molar-refractivity contribution in [1.29, 1.82) is 0 Å². The Morgan fingerprint density at radius 2 is 1.76 bits per heavy atom. The maximum absolute atomic E-state index is 13.3. The van der Waals surface area contributed by atoms with Crippen molar-refractivity contribution in [2.24, 2.45) is 22.4 Å². The summed E-state index contributed by atoms with van der Waals surface area (Å²) in [6, 6.07) is -4.40. The zero-order chi connectivity index (χ0) is 27.7. The monoisotopic (exact) mass is 524 g/mol. The van der Waals surface area contributed by atoms with E-state index in [2.05, 4.69) is 26.3 Å². The van der Waals surface area contributed by atoms with Crippen molar-refractivity contribution in [1.82, 2.24) is 26.2 Å². The average molecular weight is 525 g/mol. The zero-order valence-corrected chi connectivity index (χ0v) is 21.0. The highest BCUT2D eigenvalue weighted by Crippen LogP contribution is 2.21. The van der Waals surface area contributed by atoms with Gasteiger partial charge in [-0.25, -0.2) is 0 Å². The molecule has 4 atom stereocenters. The Hall–Kier alpha value is -3.91. The van der Waals surface area contributed by atoms with Crippen molar-refractivity contribution in [3.8, 4) is 0 Å². The first-order chi connectivity index (χ1) is 17.4. The SMILES string of the molecule is CC(C)C[C@H]1C(=O)N[C@@H](CCCN=C(N)N)C(=O)NCC(=O)N[C@@H](CC(=O)O)C(=O)N[C@@H]2CCN1C2=O. The molecule has 206 valence electrons. The van der Waals surface area contributed by atoms with Gasteiger partial charge in [0.05, 0.1) is 13.0 Å². The normalized spacial score (nSPS) is 25.4. The molecule has 0 aromatic carbocycles. The summed E-state index contributed by atoms with van der Waals surface area (Å²) in [4.78, 5) is 81.0. The van der Waals surface area contributed by atoms with E-state index in [1.54, 1.807) is 0 Å². The number of hydrogen-bond donors (Lipinski definition) is 7. The second-order valence-electron chi connectivity index (χ2n) is 9.47. The number of carbonyl (C=O) groups excluding carboxylic acids is 5. The summed E-state index contributed by atoms with van der Waals surface area (Å²) in [7, 11) is 0. The minimum absolute atomic E-state index is 0.0233. The number of rotatable bonds is 8. The molecule has 0 saturated carbocycles. The van der Waals surface area contributed by atoms with E-state index >= 15 is 0 Å². The molecule has 0 aliphatic carbocycles. The molecule has 5 amide bonds. The van der Waals surface area contributed by atoms with Gasteiger partial charge in [0.15, 0.2) is 5.96 Å². The van der Waals surface area contributed by atoms with Crippen LogP contribution in [0.15, 0.2) is 4.99 Å². The van der Waals surface area contributed by atoms with Crippen molar-refractivity contribution >= 4 is 41.5 Å². The minimum atomic E-state index is -1.46. The molecule has 9 N–H and O–H groups in total. The van der Waals surface area contributed by atoms with Crippen LogP contribution in [0, 0.1) is 5.92 Å². The van der Waals surface area contributed by atoms with Gasteiger partial charge in [-0.05, 0) is 31.6 Å². The molecule has 0 spiro atoms. The third kappa shape index (κ3) is 8.91. The average Bonchev–Trinajstić information content (AvgIpc) is 3.15. The maximum atomic E-state index is 13.3. The molecule has 15 heteroatoms. The van der Waals surface area contributed by atoms with Crippen molar-refractivity contribution in [3.05, 3.63) is 0 Å². The predicted molar refractivity (Wildman–Crippen MR) is 131 cm³/mol. The number of hydrogen-bond acceptors (Lipinski definition) is 7. The molecule has 2 rings (SSSR count). The molecule has 2 fully saturated rings. The number of carboxylic acid groups (broad SMARTS) is 1. The zero-order valence-electron chi connectivity index (χ0n) is 21.0. The van der Waals surface area contributed by atoms with Crippen molar-refractivity contribution < 1.29 is 33.9 Å². The second-order valence-corrected chi connectivity index (χ2v) is 9.47. The van der Waals surface area contributed by atoms with Crippen LogP contribution in [0.2, 0.25) is 0 Å². The van der Waals surface area contributed by atoms with Crippen LogP contribution < -0.4 is 32.7 Å². The summed E-state index contributed by atoms with van der Waals surface area (Å²) in [5, 5.41) is 19.0. The van der Waals surface area contributed by atoms with E-state index in [1.807, 2.05) is 13.8 Å². The maximum Gasteiger partial charge on any atom is 0.305 e. The first-order valence-corrected chi connectivity index (χ1v) is 12.1. The number of carbonyl (C=O) groups is 6. The van der Waals surface area contributed by atoms with Gasteiger partial charge in [0.25, 0.3) is 0 Å². The second kappa shape index (κ2) is 13.4. The number of carboxylic acids is 1. The van der Waals surface area contributed by atoms with Gasteiger partial charge in [-0.3, -0.25) is 33.8 Å². The Morgan fingerprint density at radius 1 is 1.05 bits per heavy atom. The van der Waals surface area contributed by atoms with Crippen molar-refractivity contribution in [2.45, 2.75) is 70.1 Å². The van der Waals surface area contributed by atoms with Gasteiger partial charge in [0, 0.05) is 13.1 Å². The molecular formula is C22H36N8O7. The topological polar surface area (TPSA) is 238 Å². The largest absolute Gasteiger partial charge is 0.481 e. The number of nitrogens with two attached hydrogens (primary N) is 2. The van der Waals surface area contributed by atoms with Crippen molar-refractivity contribution in [3.63, 3.8) is 0 Å². The fourth-order valence-electron chi connectivity index (χ4n) is 4.20. The third-order valence-electron chi connectivity index (χ3n) is 5.96. The van der Waals surface area contributed by atoms with E-state index in [0.717, 1.165) is 0 Å². The number of nitrogens with zero attached hydrogens (tertiary/aromatic N) is 2. The Labute approximate surface area is 214 Å². The highest BCUT2D eigenvalue weighted by atomic mass is 16.4. The highest BCUT2D eigenvalue weighted by Gasteiger charge is 2.41. The number of fused-ring (bicyclic) bond motifs is 2. The fraction of sp³-hybridized carbons (Fsp3) is 0.682. The van der Waals surface area contributed by atoms with E-state index in [1.165, 1.54) is 4.90 Å². The Kier molecular flexibility index (Phi) is 10.6. The molecule has 0 aromatic rings. The Morgan fingerprint density at radius 3 is 2.38 bits per heavy atom. The molecule has 0 unspecified atom stereocenters. The van der Waals surface area contributed by atoms with Gasteiger partial charge in [-0.2, -0.15) is 0 Å². The molecule has 2 bridgehead atoms. The molecule has 15 nitrogen and oxygen atoms in total. The van der Waals surface area contributed by atoms with E-state index in [0.29, 0.717) is 12.8 Å². The summed E-state index contributed by atoms with van der Waals surface area (Å²) in [6.07, 6.45) is 0.258.